The second-order valence-corrected chi connectivity index (χ2v) is 5.64. The van der Waals surface area contributed by atoms with Gasteiger partial charge in [0.05, 0.1) is 18.2 Å². The Morgan fingerprint density at radius 1 is 1.23 bits per heavy atom. The number of amides is 1. The third kappa shape index (κ3) is 4.45. The Kier molecular flexibility index (Phi) is 5.25. The van der Waals surface area contributed by atoms with Crippen molar-refractivity contribution in [3.63, 3.8) is 0 Å². The molecule has 0 aliphatic carbocycles. The van der Waals surface area contributed by atoms with Crippen LogP contribution < -0.4 is 10.1 Å². The first-order valence-corrected chi connectivity index (χ1v) is 8.05. The Balaban J connectivity index is 1.56. The van der Waals surface area contributed by atoms with E-state index in [1.54, 1.807) is 42.2 Å². The van der Waals surface area contributed by atoms with E-state index >= 15 is 0 Å². The van der Waals surface area contributed by atoms with Gasteiger partial charge < -0.3 is 4.74 Å². The molecule has 1 atom stereocenters. The van der Waals surface area contributed by atoms with E-state index in [0.717, 1.165) is 5.56 Å². The predicted molar refractivity (Wildman–Crippen MR) is 95.4 cm³/mol. The molecule has 0 spiro atoms. The minimum atomic E-state index is -0.732. The minimum absolute atomic E-state index is 0.223. The first-order chi connectivity index (χ1) is 12.6. The zero-order valence-corrected chi connectivity index (χ0v) is 14.2. The molecule has 2 aromatic carbocycles. The average molecular weight is 347 g/mol. The van der Waals surface area contributed by atoms with Gasteiger partial charge in [-0.15, -0.1) is 5.10 Å². The molecule has 3 rings (SSSR count). The molecule has 1 amide bonds. The van der Waals surface area contributed by atoms with Crippen LogP contribution in [0, 0.1) is 11.3 Å². The zero-order valence-electron chi connectivity index (χ0n) is 14.2. The highest BCUT2D eigenvalue weighted by Gasteiger charge is 2.16. The molecule has 1 heterocycles. The van der Waals surface area contributed by atoms with Crippen LogP contribution in [0.4, 0.5) is 5.95 Å². The largest absolute Gasteiger partial charge is 0.481 e. The van der Waals surface area contributed by atoms with Crippen molar-refractivity contribution in [2.75, 3.05) is 5.32 Å². The molecule has 26 heavy (non-hydrogen) atoms. The molecule has 1 aromatic heterocycles. The number of carbonyl (C=O) groups is 1. The molecular weight excluding hydrogens is 330 g/mol. The molecular formula is C19H17N5O2. The first kappa shape index (κ1) is 17.2. The summed E-state index contributed by atoms with van der Waals surface area (Å²) in [6.07, 6.45) is 0.832. The highest BCUT2D eigenvalue weighted by molar-refractivity contribution is 5.92. The molecule has 3 aromatic rings. The number of hydrogen-bond donors (Lipinski definition) is 1. The number of anilines is 1. The van der Waals surface area contributed by atoms with Crippen molar-refractivity contribution >= 4 is 11.9 Å². The van der Waals surface area contributed by atoms with Crippen LogP contribution in [-0.4, -0.2) is 26.8 Å². The molecule has 0 fully saturated rings. The number of benzene rings is 2. The summed E-state index contributed by atoms with van der Waals surface area (Å²) >= 11 is 0. The molecule has 7 heteroatoms. The van der Waals surface area contributed by atoms with Crippen LogP contribution in [0.2, 0.25) is 0 Å². The van der Waals surface area contributed by atoms with E-state index in [4.69, 9.17) is 10.00 Å². The van der Waals surface area contributed by atoms with E-state index in [1.807, 2.05) is 36.4 Å². The summed E-state index contributed by atoms with van der Waals surface area (Å²) < 4.78 is 7.22. The van der Waals surface area contributed by atoms with Gasteiger partial charge in [-0.05, 0) is 36.8 Å². The van der Waals surface area contributed by atoms with Gasteiger partial charge in [-0.3, -0.25) is 10.1 Å². The molecule has 0 aliphatic heterocycles. The van der Waals surface area contributed by atoms with Crippen molar-refractivity contribution in [2.24, 2.45) is 0 Å². The number of aromatic nitrogens is 3. The van der Waals surface area contributed by atoms with E-state index in [-0.39, 0.29) is 11.9 Å². The molecule has 0 radical (unpaired) electrons. The fraction of sp³-hybridized carbons (Fsp3) is 0.158. The fourth-order valence-corrected chi connectivity index (χ4v) is 2.28. The SMILES string of the molecule is CC(Oc1ccc(C#N)cc1)C(=O)Nc1ncn(Cc2ccccc2)n1. The molecule has 7 nitrogen and oxygen atoms in total. The molecule has 0 bridgehead atoms. The Bertz CT molecular complexity index is 913. The smallest absolute Gasteiger partial charge is 0.267 e. The quantitative estimate of drug-likeness (QED) is 0.740. The van der Waals surface area contributed by atoms with Gasteiger partial charge in [0.25, 0.3) is 5.91 Å². The van der Waals surface area contributed by atoms with Gasteiger partial charge in [0.15, 0.2) is 6.10 Å². The molecule has 0 aliphatic rings. The first-order valence-electron chi connectivity index (χ1n) is 8.05. The van der Waals surface area contributed by atoms with Crippen molar-refractivity contribution < 1.29 is 9.53 Å². The van der Waals surface area contributed by atoms with E-state index in [9.17, 15) is 4.79 Å². The van der Waals surface area contributed by atoms with Gasteiger partial charge in [-0.25, -0.2) is 9.67 Å². The highest BCUT2D eigenvalue weighted by atomic mass is 16.5. The van der Waals surface area contributed by atoms with Crippen molar-refractivity contribution in [1.29, 1.82) is 5.26 Å². The lowest BCUT2D eigenvalue weighted by molar-refractivity contribution is -0.122. The van der Waals surface area contributed by atoms with Crippen molar-refractivity contribution in [1.82, 2.24) is 14.8 Å². The van der Waals surface area contributed by atoms with Crippen molar-refractivity contribution in [2.45, 2.75) is 19.6 Å². The van der Waals surface area contributed by atoms with Gasteiger partial charge in [0, 0.05) is 0 Å². The molecule has 1 N–H and O–H groups in total. The average Bonchev–Trinajstić information content (AvgIpc) is 3.10. The standard InChI is InChI=1S/C19H17N5O2/c1-14(26-17-9-7-15(11-20)8-10-17)18(25)22-19-21-13-24(23-19)12-16-5-3-2-4-6-16/h2-10,13-14H,12H2,1H3,(H,22,23,25). The third-order valence-corrected chi connectivity index (χ3v) is 3.62. The number of nitriles is 1. The summed E-state index contributed by atoms with van der Waals surface area (Å²) in [7, 11) is 0. The van der Waals surface area contributed by atoms with Gasteiger partial charge in [-0.1, -0.05) is 30.3 Å². The summed E-state index contributed by atoms with van der Waals surface area (Å²) in [6.45, 7) is 2.20. The minimum Gasteiger partial charge on any atom is -0.481 e. The molecule has 1 unspecified atom stereocenters. The van der Waals surface area contributed by atoms with E-state index in [0.29, 0.717) is 17.9 Å². The molecule has 0 saturated heterocycles. The monoisotopic (exact) mass is 347 g/mol. The summed E-state index contributed by atoms with van der Waals surface area (Å²) in [4.78, 5) is 16.3. The number of carbonyl (C=O) groups excluding carboxylic acids is 1. The predicted octanol–water partition coefficient (Wildman–Crippen LogP) is 2.60. The number of ether oxygens (including phenoxy) is 1. The maximum atomic E-state index is 12.2. The Labute approximate surface area is 150 Å². The second kappa shape index (κ2) is 7.94. The topological polar surface area (TPSA) is 92.8 Å². The van der Waals surface area contributed by atoms with Crippen molar-refractivity contribution in [3.8, 4) is 11.8 Å². The van der Waals surface area contributed by atoms with Gasteiger partial charge in [0.2, 0.25) is 5.95 Å². The van der Waals surface area contributed by atoms with E-state index in [1.165, 1.54) is 0 Å². The molecule has 0 saturated carbocycles. The summed E-state index contributed by atoms with van der Waals surface area (Å²) in [5, 5.41) is 15.7. The zero-order chi connectivity index (χ0) is 18.4. The maximum Gasteiger partial charge on any atom is 0.267 e. The van der Waals surface area contributed by atoms with Crippen LogP contribution in [0.25, 0.3) is 0 Å². The van der Waals surface area contributed by atoms with Crippen LogP contribution in [0.5, 0.6) is 5.75 Å². The van der Waals surface area contributed by atoms with E-state index < -0.39 is 6.10 Å². The van der Waals surface area contributed by atoms with Crippen LogP contribution in [0.15, 0.2) is 60.9 Å². The van der Waals surface area contributed by atoms with Crippen LogP contribution in [-0.2, 0) is 11.3 Å². The lowest BCUT2D eigenvalue weighted by Gasteiger charge is -2.13. The van der Waals surface area contributed by atoms with E-state index in [2.05, 4.69) is 15.4 Å². The molecule has 130 valence electrons. The lowest BCUT2D eigenvalue weighted by Crippen LogP contribution is -2.30. The summed E-state index contributed by atoms with van der Waals surface area (Å²) in [6, 6.07) is 18.4. The Hall–Kier alpha value is -3.66. The third-order valence-electron chi connectivity index (χ3n) is 3.62. The number of nitrogens with zero attached hydrogens (tertiary/aromatic N) is 4. The van der Waals surface area contributed by atoms with Crippen LogP contribution >= 0.6 is 0 Å². The van der Waals surface area contributed by atoms with Crippen LogP contribution in [0.1, 0.15) is 18.1 Å². The Morgan fingerprint density at radius 2 is 1.96 bits per heavy atom. The normalized spacial score (nSPS) is 11.4. The summed E-state index contributed by atoms with van der Waals surface area (Å²) in [5.74, 6) is 0.377. The lowest BCUT2D eigenvalue weighted by atomic mass is 10.2. The van der Waals surface area contributed by atoms with Crippen molar-refractivity contribution in [3.05, 3.63) is 72.1 Å². The number of hydrogen-bond acceptors (Lipinski definition) is 5. The van der Waals surface area contributed by atoms with Crippen LogP contribution in [0.3, 0.4) is 0 Å². The number of rotatable bonds is 6. The number of nitrogens with one attached hydrogen (secondary N) is 1. The van der Waals surface area contributed by atoms with Gasteiger partial charge in [0.1, 0.15) is 12.1 Å². The maximum absolute atomic E-state index is 12.2. The van der Waals surface area contributed by atoms with Gasteiger partial charge in [-0.2, -0.15) is 5.26 Å². The van der Waals surface area contributed by atoms with Gasteiger partial charge >= 0.3 is 0 Å². The fourth-order valence-electron chi connectivity index (χ4n) is 2.28. The highest BCUT2D eigenvalue weighted by Crippen LogP contribution is 2.14. The summed E-state index contributed by atoms with van der Waals surface area (Å²) in [5.41, 5.74) is 1.62. The Morgan fingerprint density at radius 3 is 2.65 bits per heavy atom. The second-order valence-electron chi connectivity index (χ2n) is 5.64.